The first-order valence-electron chi connectivity index (χ1n) is 7.64. The molecule has 4 rings (SSSR count). The third kappa shape index (κ3) is 2.36. The predicted octanol–water partition coefficient (Wildman–Crippen LogP) is 3.38. The van der Waals surface area contributed by atoms with Crippen LogP contribution in [0, 0.1) is 10.1 Å². The fourth-order valence-electron chi connectivity index (χ4n) is 2.93. The number of aromatic nitrogens is 3. The molecule has 0 fully saturated rings. The van der Waals surface area contributed by atoms with Gasteiger partial charge in [-0.3, -0.25) is 0 Å². The standard InChI is InChI=1S/C17H15N5O2/c23-22(24)17-16(20-15-7-3-4-10-21(15)17)18-9-8-12-11-19-14-6-2-1-5-13(12)14/h1-7,10-11,18-19H,8-9H2. The molecule has 0 radical (unpaired) electrons. The van der Waals surface area contributed by atoms with Crippen molar-refractivity contribution in [2.45, 2.75) is 6.42 Å². The Morgan fingerprint density at radius 2 is 2.04 bits per heavy atom. The Labute approximate surface area is 137 Å². The van der Waals surface area contributed by atoms with Gasteiger partial charge in [-0.2, -0.15) is 9.38 Å². The summed E-state index contributed by atoms with van der Waals surface area (Å²) >= 11 is 0. The minimum absolute atomic E-state index is 0.0375. The van der Waals surface area contributed by atoms with Crippen molar-refractivity contribution in [3.05, 3.63) is 70.5 Å². The van der Waals surface area contributed by atoms with Crippen LogP contribution in [-0.4, -0.2) is 25.8 Å². The lowest BCUT2D eigenvalue weighted by molar-refractivity contribution is -0.389. The highest BCUT2D eigenvalue weighted by Gasteiger charge is 2.21. The van der Waals surface area contributed by atoms with Crippen LogP contribution in [0.15, 0.2) is 54.9 Å². The number of anilines is 1. The number of rotatable bonds is 5. The molecule has 0 atom stereocenters. The van der Waals surface area contributed by atoms with E-state index in [0.717, 1.165) is 11.9 Å². The second-order valence-electron chi connectivity index (χ2n) is 5.51. The van der Waals surface area contributed by atoms with E-state index in [1.165, 1.54) is 15.4 Å². The van der Waals surface area contributed by atoms with Gasteiger partial charge in [-0.1, -0.05) is 24.3 Å². The minimum atomic E-state index is -0.409. The quantitative estimate of drug-likeness (QED) is 0.436. The molecule has 7 heteroatoms. The first-order valence-corrected chi connectivity index (χ1v) is 7.64. The molecule has 0 aliphatic heterocycles. The van der Waals surface area contributed by atoms with E-state index >= 15 is 0 Å². The summed E-state index contributed by atoms with van der Waals surface area (Å²) in [6.07, 6.45) is 4.37. The van der Waals surface area contributed by atoms with Gasteiger partial charge in [0.05, 0.1) is 6.20 Å². The summed E-state index contributed by atoms with van der Waals surface area (Å²) in [5.41, 5.74) is 2.81. The molecule has 0 saturated carbocycles. The summed E-state index contributed by atoms with van der Waals surface area (Å²) in [4.78, 5) is 18.5. The molecular formula is C17H15N5O2. The van der Waals surface area contributed by atoms with Gasteiger partial charge in [-0.05, 0) is 29.0 Å². The zero-order valence-electron chi connectivity index (χ0n) is 12.8. The molecule has 0 bridgehead atoms. The summed E-state index contributed by atoms with van der Waals surface area (Å²) in [6.45, 7) is 0.562. The van der Waals surface area contributed by atoms with Crippen molar-refractivity contribution in [1.82, 2.24) is 14.4 Å². The van der Waals surface area contributed by atoms with Crippen LogP contribution in [0.3, 0.4) is 0 Å². The maximum atomic E-state index is 11.4. The molecule has 0 amide bonds. The van der Waals surface area contributed by atoms with Crippen LogP contribution in [0.2, 0.25) is 0 Å². The zero-order valence-corrected chi connectivity index (χ0v) is 12.8. The molecule has 0 aliphatic carbocycles. The van der Waals surface area contributed by atoms with Gasteiger partial charge in [-0.15, -0.1) is 0 Å². The van der Waals surface area contributed by atoms with Crippen molar-refractivity contribution in [2.75, 3.05) is 11.9 Å². The van der Waals surface area contributed by atoms with Gasteiger partial charge in [0.25, 0.3) is 0 Å². The number of H-pyrrole nitrogens is 1. The smallest absolute Gasteiger partial charge is 0.363 e. The van der Waals surface area contributed by atoms with Crippen LogP contribution in [0.1, 0.15) is 5.56 Å². The van der Waals surface area contributed by atoms with Crippen LogP contribution in [0.4, 0.5) is 11.6 Å². The number of nitrogens with one attached hydrogen (secondary N) is 2. The van der Waals surface area contributed by atoms with E-state index in [2.05, 4.69) is 21.4 Å². The molecule has 24 heavy (non-hydrogen) atoms. The number of aromatic amines is 1. The average Bonchev–Trinajstić information content (AvgIpc) is 3.16. The Morgan fingerprint density at radius 3 is 2.92 bits per heavy atom. The fourth-order valence-corrected chi connectivity index (χ4v) is 2.93. The largest absolute Gasteiger partial charge is 0.372 e. The van der Waals surface area contributed by atoms with E-state index in [9.17, 15) is 10.1 Å². The molecule has 3 heterocycles. The number of hydrogen-bond donors (Lipinski definition) is 2. The predicted molar refractivity (Wildman–Crippen MR) is 92.3 cm³/mol. The average molecular weight is 321 g/mol. The lowest BCUT2D eigenvalue weighted by atomic mass is 10.1. The van der Waals surface area contributed by atoms with Crippen LogP contribution in [0.5, 0.6) is 0 Å². The number of benzene rings is 1. The molecule has 0 spiro atoms. The van der Waals surface area contributed by atoms with Crippen LogP contribution in [0.25, 0.3) is 16.6 Å². The molecule has 1 aromatic carbocycles. The van der Waals surface area contributed by atoms with Gasteiger partial charge in [0.15, 0.2) is 0 Å². The van der Waals surface area contributed by atoms with Gasteiger partial charge < -0.3 is 20.4 Å². The second-order valence-corrected chi connectivity index (χ2v) is 5.51. The summed E-state index contributed by atoms with van der Waals surface area (Å²) < 4.78 is 1.48. The number of nitro groups is 1. The molecule has 0 saturated heterocycles. The van der Waals surface area contributed by atoms with Crippen LogP contribution < -0.4 is 5.32 Å². The maximum absolute atomic E-state index is 11.4. The molecule has 4 aromatic rings. The Kier molecular flexibility index (Phi) is 3.38. The van der Waals surface area contributed by atoms with Gasteiger partial charge in [-0.25, -0.2) is 0 Å². The topological polar surface area (TPSA) is 88.3 Å². The molecule has 7 nitrogen and oxygen atoms in total. The summed E-state index contributed by atoms with van der Waals surface area (Å²) in [7, 11) is 0. The van der Waals surface area contributed by atoms with Crippen molar-refractivity contribution >= 4 is 28.2 Å². The molecular weight excluding hydrogens is 306 g/mol. The number of para-hydroxylation sites is 1. The molecule has 2 N–H and O–H groups in total. The van der Waals surface area contributed by atoms with Gasteiger partial charge in [0.1, 0.15) is 0 Å². The Morgan fingerprint density at radius 1 is 1.21 bits per heavy atom. The number of fused-ring (bicyclic) bond motifs is 2. The van der Waals surface area contributed by atoms with Crippen LogP contribution >= 0.6 is 0 Å². The molecule has 0 unspecified atom stereocenters. The van der Waals surface area contributed by atoms with Gasteiger partial charge in [0.2, 0.25) is 11.5 Å². The maximum Gasteiger partial charge on any atom is 0.372 e. The first kappa shape index (κ1) is 14.3. The van der Waals surface area contributed by atoms with E-state index in [1.807, 2.05) is 30.5 Å². The Balaban J connectivity index is 1.57. The number of hydrogen-bond acceptors (Lipinski definition) is 4. The van der Waals surface area contributed by atoms with Gasteiger partial charge in [0, 0.05) is 29.7 Å². The van der Waals surface area contributed by atoms with Crippen LogP contribution in [-0.2, 0) is 6.42 Å². The van der Waals surface area contributed by atoms with E-state index in [1.54, 1.807) is 18.3 Å². The summed E-state index contributed by atoms with van der Waals surface area (Å²) in [6, 6.07) is 13.4. The highest BCUT2D eigenvalue weighted by Crippen LogP contribution is 2.25. The molecule has 3 aromatic heterocycles. The van der Waals surface area contributed by atoms with Crippen molar-refractivity contribution in [3.63, 3.8) is 0 Å². The van der Waals surface area contributed by atoms with E-state index in [-0.39, 0.29) is 5.82 Å². The van der Waals surface area contributed by atoms with Crippen molar-refractivity contribution in [1.29, 1.82) is 0 Å². The second kappa shape index (κ2) is 5.69. The van der Waals surface area contributed by atoms with E-state index < -0.39 is 4.92 Å². The minimum Gasteiger partial charge on any atom is -0.363 e. The first-order chi connectivity index (χ1) is 11.7. The SMILES string of the molecule is O=[N+]([O-])c1c(NCCc2c[nH]c3ccccc23)nc2ccccn12. The number of imidazole rings is 1. The van der Waals surface area contributed by atoms with E-state index in [4.69, 9.17) is 0 Å². The van der Waals surface area contributed by atoms with Crippen molar-refractivity contribution in [3.8, 4) is 0 Å². The van der Waals surface area contributed by atoms with Crippen molar-refractivity contribution < 1.29 is 4.92 Å². The highest BCUT2D eigenvalue weighted by atomic mass is 16.6. The fraction of sp³-hybridized carbons (Fsp3) is 0.118. The zero-order chi connectivity index (χ0) is 16.5. The molecule has 0 aliphatic rings. The number of nitrogens with zero attached hydrogens (tertiary/aromatic N) is 3. The molecule has 120 valence electrons. The lowest BCUT2D eigenvalue weighted by Gasteiger charge is -2.03. The van der Waals surface area contributed by atoms with E-state index in [0.29, 0.717) is 18.0 Å². The lowest BCUT2D eigenvalue weighted by Crippen LogP contribution is -2.07. The van der Waals surface area contributed by atoms with Gasteiger partial charge >= 0.3 is 5.82 Å². The summed E-state index contributed by atoms with van der Waals surface area (Å²) in [5, 5.41) is 15.6. The Hall–Kier alpha value is -3.35. The Bertz CT molecular complexity index is 1030. The van der Waals surface area contributed by atoms with Crippen molar-refractivity contribution in [2.24, 2.45) is 0 Å². The third-order valence-corrected chi connectivity index (χ3v) is 4.04. The third-order valence-electron chi connectivity index (χ3n) is 4.04. The highest BCUT2D eigenvalue weighted by molar-refractivity contribution is 5.83. The monoisotopic (exact) mass is 321 g/mol. The number of pyridine rings is 1. The summed E-state index contributed by atoms with van der Waals surface area (Å²) in [5.74, 6) is 0.260. The normalized spacial score (nSPS) is 11.2.